The zero-order valence-corrected chi connectivity index (χ0v) is 46.0. The Morgan fingerprint density at radius 3 is 2.30 bits per heavy atom. The number of aliphatic hydroxyl groups excluding tert-OH is 1. The van der Waals surface area contributed by atoms with Crippen molar-refractivity contribution >= 4 is 58.3 Å². The molecular weight excluding hydrogens is 1080 g/mol. The number of anilines is 2. The van der Waals surface area contributed by atoms with Crippen LogP contribution in [0.2, 0.25) is 0 Å². The fourth-order valence-corrected chi connectivity index (χ4v) is 9.38. The number of amides is 6. The monoisotopic (exact) mass is 1140 g/mol. The number of oxazole rings is 1. The van der Waals surface area contributed by atoms with Crippen LogP contribution in [0.15, 0.2) is 89.2 Å². The topological polar surface area (TPSA) is 300 Å². The first-order valence-corrected chi connectivity index (χ1v) is 27.0. The Kier molecular flexibility index (Phi) is 20.8. The number of likely N-dealkylation sites (tertiary alicyclic amines) is 1. The number of halogens is 3. The summed E-state index contributed by atoms with van der Waals surface area (Å²) in [6.45, 7) is 8.26. The lowest BCUT2D eigenvalue weighted by Crippen LogP contribution is -2.57. The summed E-state index contributed by atoms with van der Waals surface area (Å²) in [5.74, 6) is -3.34. The molecule has 1 fully saturated rings. The van der Waals surface area contributed by atoms with Crippen LogP contribution in [0.3, 0.4) is 0 Å². The Labute approximate surface area is 468 Å². The van der Waals surface area contributed by atoms with Gasteiger partial charge in [0, 0.05) is 63.0 Å². The Hall–Kier alpha value is -8.07. The molecule has 1 saturated heterocycles. The maximum absolute atomic E-state index is 14.0. The molecule has 1 aliphatic rings. The average Bonchev–Trinajstić information content (AvgIpc) is 4.32. The van der Waals surface area contributed by atoms with Crippen LogP contribution in [0.4, 0.5) is 24.7 Å². The molecule has 2 aromatic carbocycles. The van der Waals surface area contributed by atoms with Crippen LogP contribution < -0.4 is 32.3 Å². The van der Waals surface area contributed by atoms with Gasteiger partial charge in [-0.15, -0.1) is 11.3 Å². The van der Waals surface area contributed by atoms with Gasteiger partial charge in [-0.3, -0.25) is 28.8 Å². The van der Waals surface area contributed by atoms with Gasteiger partial charge in [0.1, 0.15) is 30.7 Å². The molecule has 0 bridgehead atoms. The van der Waals surface area contributed by atoms with Gasteiger partial charge >= 0.3 is 6.18 Å². The van der Waals surface area contributed by atoms with E-state index in [0.29, 0.717) is 57.1 Å². The number of primary amides is 1. The third-order valence-electron chi connectivity index (χ3n) is 12.8. The molecule has 8 N–H and O–H groups in total. The molecule has 22 nitrogen and oxygen atoms in total. The Balaban J connectivity index is 0.745. The number of hydrogen-bond acceptors (Lipinski definition) is 16. The number of unbranched alkanes of at least 4 members (excludes halogenated alkanes) is 2. The number of nitrogens with one attached hydrogen (secondary N) is 5. The van der Waals surface area contributed by atoms with Crippen LogP contribution in [0.1, 0.15) is 102 Å². The number of benzene rings is 2. The van der Waals surface area contributed by atoms with Crippen molar-refractivity contribution in [1.82, 2.24) is 45.6 Å². The maximum atomic E-state index is 14.0. The predicted octanol–water partition coefficient (Wildman–Crippen LogP) is 6.20. The number of nitrogens with two attached hydrogens (primary N) is 1. The van der Waals surface area contributed by atoms with Gasteiger partial charge < -0.3 is 56.2 Å². The molecule has 0 aliphatic carbocycles. The summed E-state index contributed by atoms with van der Waals surface area (Å²) < 4.78 is 56.0. The van der Waals surface area contributed by atoms with Gasteiger partial charge in [-0.1, -0.05) is 45.0 Å². The third kappa shape index (κ3) is 17.5. The standard InChI is InChI=1S/C55H65F3N12O10S/c1-33-46(81-32-64-33)35-12-10-34(11-13-35)27-62-51(76)42-26-39(71)28-69(42)53(77)47(54(2,3)4)67-44(72)9-8-22-79-24-23-78-21-7-5-6-19-61-49(74)36-14-16-38(17-15-36)70-29-40(45(68-70)48(59)73)65-50(75)41-30-80-52(66-41)37-18-20-60-43(25-37)63-31-55(56,57)58/h10-18,20,25,29-30,32,39,42,47,71H,5-9,19,21-24,26-28,31H2,1-4H3,(H2,59,73)(H,60,63)(H,61,74)(H,62,76)(H,65,75)(H,67,72)/t39-,42?,47-/m1/s1. The quantitative estimate of drug-likeness (QED) is 0.0283. The third-order valence-corrected chi connectivity index (χ3v) is 13.8. The molecule has 4 aromatic heterocycles. The van der Waals surface area contributed by atoms with Crippen molar-refractivity contribution in [3.05, 3.63) is 113 Å². The minimum atomic E-state index is -4.47. The number of rotatable bonds is 27. The highest BCUT2D eigenvalue weighted by atomic mass is 32.1. The van der Waals surface area contributed by atoms with Crippen molar-refractivity contribution in [2.75, 3.05) is 56.7 Å². The average molecular weight is 1140 g/mol. The number of aliphatic hydroxyl groups is 1. The lowest BCUT2D eigenvalue weighted by molar-refractivity contribution is -0.144. The molecule has 5 heterocycles. The zero-order valence-electron chi connectivity index (χ0n) is 45.1. The lowest BCUT2D eigenvalue weighted by atomic mass is 9.85. The molecule has 1 aliphatic heterocycles. The first-order valence-electron chi connectivity index (χ1n) is 26.2. The molecule has 6 aromatic rings. The minimum absolute atomic E-state index is 0.0225. The van der Waals surface area contributed by atoms with E-state index in [1.165, 1.54) is 34.1 Å². The van der Waals surface area contributed by atoms with E-state index in [2.05, 4.69) is 46.6 Å². The van der Waals surface area contributed by atoms with Crippen LogP contribution in [0, 0.1) is 12.3 Å². The fourth-order valence-electron chi connectivity index (χ4n) is 8.57. The van der Waals surface area contributed by atoms with Crippen LogP contribution in [-0.4, -0.2) is 141 Å². The van der Waals surface area contributed by atoms with Crippen LogP contribution in [-0.2, 0) is 30.4 Å². The van der Waals surface area contributed by atoms with Crippen molar-refractivity contribution in [2.45, 2.75) is 97.1 Å². The largest absolute Gasteiger partial charge is 0.444 e. The van der Waals surface area contributed by atoms with Crippen LogP contribution in [0.25, 0.3) is 27.6 Å². The number of carbonyl (C=O) groups is 6. The number of β-amino-alcohol motifs (C(OH)–C–C–N with tert-alkyl or cyclic N) is 1. The number of pyridine rings is 1. The maximum Gasteiger partial charge on any atom is 0.405 e. The fraction of sp³-hybridized carbons (Fsp3) is 0.418. The van der Waals surface area contributed by atoms with E-state index in [-0.39, 0.29) is 78.0 Å². The van der Waals surface area contributed by atoms with Gasteiger partial charge in [0.25, 0.3) is 17.7 Å². The van der Waals surface area contributed by atoms with E-state index in [0.717, 1.165) is 40.8 Å². The second-order valence-corrected chi connectivity index (χ2v) is 21.1. The van der Waals surface area contributed by atoms with Crippen LogP contribution in [0.5, 0.6) is 0 Å². The summed E-state index contributed by atoms with van der Waals surface area (Å²) in [4.78, 5) is 93.5. The molecule has 0 spiro atoms. The number of aryl methyl sites for hydroxylation is 1. The molecule has 0 radical (unpaired) electrons. The van der Waals surface area contributed by atoms with E-state index < -0.39 is 54.0 Å². The summed E-state index contributed by atoms with van der Waals surface area (Å²) in [5, 5.41) is 28.1. The highest BCUT2D eigenvalue weighted by Gasteiger charge is 2.44. The van der Waals surface area contributed by atoms with Gasteiger partial charge in [0.05, 0.1) is 53.0 Å². The van der Waals surface area contributed by atoms with E-state index in [1.54, 1.807) is 41.1 Å². The molecule has 6 amide bonds. The molecule has 81 heavy (non-hydrogen) atoms. The molecule has 432 valence electrons. The number of carbonyl (C=O) groups excluding carboxylic acids is 6. The van der Waals surface area contributed by atoms with E-state index in [9.17, 15) is 47.0 Å². The Morgan fingerprint density at radius 1 is 0.889 bits per heavy atom. The number of hydrogen-bond donors (Lipinski definition) is 7. The molecule has 3 atom stereocenters. The van der Waals surface area contributed by atoms with E-state index in [4.69, 9.17) is 19.6 Å². The lowest BCUT2D eigenvalue weighted by Gasteiger charge is -2.35. The zero-order chi connectivity index (χ0) is 58.3. The highest BCUT2D eigenvalue weighted by molar-refractivity contribution is 7.13. The second kappa shape index (κ2) is 27.9. The molecule has 1 unspecified atom stereocenters. The number of nitrogens with zero attached hydrogens (tertiary/aromatic N) is 6. The van der Waals surface area contributed by atoms with E-state index in [1.807, 2.05) is 52.0 Å². The summed E-state index contributed by atoms with van der Waals surface area (Å²) >= 11 is 1.56. The van der Waals surface area contributed by atoms with Crippen molar-refractivity contribution in [3.8, 4) is 27.6 Å². The SMILES string of the molecule is Cc1ncsc1-c1ccc(CNC(=O)C2C[C@@H](O)CN2C(=O)[C@@H](NC(=O)CCCOCCOCCCCCNC(=O)c2ccc(-n3cc(NC(=O)c4coc(-c5ccnc(NCC(F)(F)F)c5)n4)c(C(N)=O)n3)cc2)C(C)(C)C)cc1. The van der Waals surface area contributed by atoms with E-state index >= 15 is 0 Å². The first kappa shape index (κ1) is 60.6. The number of alkyl halides is 3. The summed E-state index contributed by atoms with van der Waals surface area (Å²) in [5.41, 5.74) is 10.1. The number of thiazole rings is 1. The molecule has 0 saturated carbocycles. The Bertz CT molecular complexity index is 3120. The number of aromatic nitrogens is 5. The second-order valence-electron chi connectivity index (χ2n) is 20.2. The normalized spacial score (nSPS) is 14.8. The van der Waals surface area contributed by atoms with Gasteiger partial charge in [-0.25, -0.2) is 19.6 Å². The van der Waals surface area contributed by atoms with Crippen LogP contribution >= 0.6 is 11.3 Å². The molecule has 7 rings (SSSR count). The van der Waals surface area contributed by atoms with Crippen molar-refractivity contribution in [1.29, 1.82) is 0 Å². The van der Waals surface area contributed by atoms with Crippen molar-refractivity contribution < 1.29 is 60.9 Å². The summed E-state index contributed by atoms with van der Waals surface area (Å²) in [6.07, 6.45) is 1.14. The minimum Gasteiger partial charge on any atom is -0.444 e. The predicted molar refractivity (Wildman–Crippen MR) is 293 cm³/mol. The Morgan fingerprint density at radius 2 is 1.62 bits per heavy atom. The van der Waals surface area contributed by atoms with Gasteiger partial charge in [0.15, 0.2) is 11.4 Å². The summed E-state index contributed by atoms with van der Waals surface area (Å²) in [6, 6.07) is 15.0. The van der Waals surface area contributed by atoms with Crippen molar-refractivity contribution in [2.24, 2.45) is 11.1 Å². The summed E-state index contributed by atoms with van der Waals surface area (Å²) in [7, 11) is 0. The molecular formula is C55H65F3N12O10S. The van der Waals surface area contributed by atoms with Gasteiger partial charge in [-0.2, -0.15) is 18.3 Å². The highest BCUT2D eigenvalue weighted by Crippen LogP contribution is 2.29. The first-order chi connectivity index (χ1) is 38.6. The van der Waals surface area contributed by atoms with Gasteiger partial charge in [-0.05, 0) is 85.5 Å². The smallest absolute Gasteiger partial charge is 0.405 e. The number of ether oxygens (including phenoxy) is 2. The van der Waals surface area contributed by atoms with Crippen molar-refractivity contribution in [3.63, 3.8) is 0 Å². The van der Waals surface area contributed by atoms with Gasteiger partial charge in [0.2, 0.25) is 23.6 Å². The molecule has 26 heteroatoms.